The second-order valence-electron chi connectivity index (χ2n) is 8.17. The van der Waals surface area contributed by atoms with E-state index in [2.05, 4.69) is 26.9 Å². The van der Waals surface area contributed by atoms with Gasteiger partial charge in [-0.25, -0.2) is 4.98 Å². The van der Waals surface area contributed by atoms with E-state index in [4.69, 9.17) is 4.84 Å². The third-order valence-corrected chi connectivity index (χ3v) is 6.61. The molecule has 7 heteroatoms. The zero-order valence-corrected chi connectivity index (χ0v) is 15.9. The van der Waals surface area contributed by atoms with Crippen molar-refractivity contribution < 1.29 is 14.4 Å². The molecule has 2 aliphatic carbocycles. The summed E-state index contributed by atoms with van der Waals surface area (Å²) >= 11 is 0. The van der Waals surface area contributed by atoms with Crippen LogP contribution < -0.4 is 4.90 Å². The number of rotatable bonds is 6. The Morgan fingerprint density at radius 3 is 2.36 bits per heavy atom. The summed E-state index contributed by atoms with van der Waals surface area (Å²) in [5.41, 5.74) is 0. The number of anilines is 1. The number of allylic oxidation sites excluding steroid dienone is 2. The van der Waals surface area contributed by atoms with Crippen molar-refractivity contribution >= 4 is 17.6 Å². The number of hydrogen-bond donors (Lipinski definition) is 0. The fourth-order valence-electron chi connectivity index (χ4n) is 5.19. The number of imide groups is 1. The highest BCUT2D eigenvalue weighted by Crippen LogP contribution is 2.52. The number of nitrogens with zero attached hydrogens (tertiary/aromatic N) is 4. The lowest BCUT2D eigenvalue weighted by molar-refractivity contribution is -0.190. The minimum absolute atomic E-state index is 0.129. The Bertz CT molecular complexity index is 745. The van der Waals surface area contributed by atoms with Gasteiger partial charge in [-0.1, -0.05) is 18.2 Å². The van der Waals surface area contributed by atoms with Crippen molar-refractivity contribution in [3.05, 3.63) is 36.5 Å². The third kappa shape index (κ3) is 3.02. The number of pyridine rings is 1. The van der Waals surface area contributed by atoms with E-state index < -0.39 is 0 Å². The summed E-state index contributed by atoms with van der Waals surface area (Å²) in [7, 11) is 0. The van der Waals surface area contributed by atoms with Gasteiger partial charge in [0.15, 0.2) is 0 Å². The third-order valence-electron chi connectivity index (χ3n) is 6.61. The van der Waals surface area contributed by atoms with Crippen LogP contribution in [0.15, 0.2) is 36.5 Å². The van der Waals surface area contributed by atoms with Crippen LogP contribution in [-0.4, -0.2) is 66.1 Å². The van der Waals surface area contributed by atoms with Crippen LogP contribution in [0.2, 0.25) is 0 Å². The maximum absolute atomic E-state index is 12.6. The summed E-state index contributed by atoms with van der Waals surface area (Å²) in [6.07, 6.45) is 7.79. The van der Waals surface area contributed by atoms with E-state index in [1.54, 1.807) is 0 Å². The Morgan fingerprint density at radius 1 is 1.00 bits per heavy atom. The highest BCUT2D eigenvalue weighted by Gasteiger charge is 2.60. The van der Waals surface area contributed by atoms with E-state index in [0.29, 0.717) is 6.61 Å². The van der Waals surface area contributed by atoms with Crippen LogP contribution in [0.3, 0.4) is 0 Å². The van der Waals surface area contributed by atoms with E-state index in [1.807, 2.05) is 24.4 Å². The lowest BCUT2D eigenvalue weighted by Gasteiger charge is -2.35. The number of carbonyl (C=O) groups excluding carboxylic acids is 2. The first kappa shape index (κ1) is 17.8. The standard InChI is InChI=1S/C21H26N4O3/c26-20-18-15-5-6-16(14-15)19(18)21(27)25(20)28-13-3-8-23-9-11-24(12-10-23)17-4-1-2-7-22-17/h1-2,4-7,15-16,18-19H,3,8-14H2/t15-,16+,18?,19?. The number of hydroxylamine groups is 2. The number of carbonyl (C=O) groups is 2. The van der Waals surface area contributed by atoms with Gasteiger partial charge in [-0.3, -0.25) is 19.3 Å². The molecule has 1 saturated carbocycles. The van der Waals surface area contributed by atoms with Gasteiger partial charge in [0.1, 0.15) is 5.82 Å². The predicted molar refractivity (Wildman–Crippen MR) is 103 cm³/mol. The van der Waals surface area contributed by atoms with E-state index in [0.717, 1.165) is 56.4 Å². The summed E-state index contributed by atoms with van der Waals surface area (Å²) in [5, 5.41) is 1.07. The average molecular weight is 382 g/mol. The van der Waals surface area contributed by atoms with Crippen molar-refractivity contribution in [2.45, 2.75) is 12.8 Å². The zero-order chi connectivity index (χ0) is 19.1. The molecule has 1 aromatic heterocycles. The monoisotopic (exact) mass is 382 g/mol. The molecule has 0 aromatic carbocycles. The van der Waals surface area contributed by atoms with Gasteiger partial charge in [-0.15, -0.1) is 0 Å². The molecule has 4 atom stereocenters. The number of fused-ring (bicyclic) bond motifs is 5. The van der Waals surface area contributed by atoms with Crippen LogP contribution in [0.1, 0.15) is 12.8 Å². The molecular weight excluding hydrogens is 356 g/mol. The number of amides is 2. The van der Waals surface area contributed by atoms with Crippen LogP contribution in [0, 0.1) is 23.7 Å². The Kier molecular flexibility index (Phi) is 4.64. The molecule has 28 heavy (non-hydrogen) atoms. The molecule has 3 fully saturated rings. The molecule has 3 heterocycles. The Hall–Kier alpha value is -2.25. The number of hydrogen-bond acceptors (Lipinski definition) is 6. The lowest BCUT2D eigenvalue weighted by Crippen LogP contribution is -2.47. The Labute approximate surface area is 164 Å². The molecule has 1 aromatic rings. The largest absolute Gasteiger partial charge is 0.354 e. The second-order valence-corrected chi connectivity index (χ2v) is 8.17. The summed E-state index contributed by atoms with van der Waals surface area (Å²) in [6, 6.07) is 6.00. The molecule has 0 N–H and O–H groups in total. The van der Waals surface area contributed by atoms with Gasteiger partial charge in [-0.05, 0) is 36.8 Å². The van der Waals surface area contributed by atoms with Crippen molar-refractivity contribution in [2.24, 2.45) is 23.7 Å². The quantitative estimate of drug-likeness (QED) is 0.420. The van der Waals surface area contributed by atoms with Gasteiger partial charge in [0.2, 0.25) is 0 Å². The van der Waals surface area contributed by atoms with Gasteiger partial charge in [0, 0.05) is 38.9 Å². The summed E-state index contributed by atoms with van der Waals surface area (Å²) in [6.45, 7) is 5.20. The van der Waals surface area contributed by atoms with Gasteiger partial charge >= 0.3 is 0 Å². The van der Waals surface area contributed by atoms with Crippen LogP contribution in [0.25, 0.3) is 0 Å². The van der Waals surface area contributed by atoms with Crippen molar-refractivity contribution in [3.8, 4) is 0 Å². The molecule has 2 aliphatic heterocycles. The van der Waals surface area contributed by atoms with Gasteiger partial charge in [0.05, 0.1) is 18.4 Å². The van der Waals surface area contributed by atoms with E-state index in [9.17, 15) is 9.59 Å². The first-order chi connectivity index (χ1) is 13.7. The number of aromatic nitrogens is 1. The van der Waals surface area contributed by atoms with Crippen LogP contribution in [0.5, 0.6) is 0 Å². The highest BCUT2D eigenvalue weighted by atomic mass is 16.7. The molecule has 4 aliphatic rings. The molecule has 148 valence electrons. The fraction of sp³-hybridized carbons (Fsp3) is 0.571. The predicted octanol–water partition coefficient (Wildman–Crippen LogP) is 1.33. The molecular formula is C21H26N4O3. The molecule has 7 nitrogen and oxygen atoms in total. The molecule has 5 rings (SSSR count). The molecule has 0 radical (unpaired) electrons. The SMILES string of the molecule is O=C1C2C(C(=O)N1OCCCN1CCN(c3ccccn3)CC1)[C@H]1C=C[C@@H]2C1. The molecule has 0 spiro atoms. The minimum Gasteiger partial charge on any atom is -0.354 e. The van der Waals surface area contributed by atoms with Crippen molar-refractivity contribution in [1.29, 1.82) is 0 Å². The maximum Gasteiger partial charge on any atom is 0.258 e. The maximum atomic E-state index is 12.6. The zero-order valence-electron chi connectivity index (χ0n) is 15.9. The summed E-state index contributed by atoms with van der Waals surface area (Å²) in [5.74, 6) is 0.882. The lowest BCUT2D eigenvalue weighted by atomic mass is 9.85. The molecule has 2 unspecified atom stereocenters. The highest BCUT2D eigenvalue weighted by molar-refractivity contribution is 6.05. The van der Waals surface area contributed by atoms with Crippen LogP contribution in [-0.2, 0) is 14.4 Å². The first-order valence-corrected chi connectivity index (χ1v) is 10.3. The van der Waals surface area contributed by atoms with Crippen LogP contribution >= 0.6 is 0 Å². The van der Waals surface area contributed by atoms with E-state index >= 15 is 0 Å². The average Bonchev–Trinajstić information content (AvgIpc) is 3.41. The first-order valence-electron chi connectivity index (χ1n) is 10.3. The van der Waals surface area contributed by atoms with Crippen LogP contribution in [0.4, 0.5) is 5.82 Å². The van der Waals surface area contributed by atoms with Crippen molar-refractivity contribution in [2.75, 3.05) is 44.2 Å². The molecule has 2 bridgehead atoms. The number of piperazine rings is 1. The van der Waals surface area contributed by atoms with E-state index in [1.165, 1.54) is 0 Å². The minimum atomic E-state index is -0.179. The topological polar surface area (TPSA) is 66.0 Å². The van der Waals surface area contributed by atoms with E-state index in [-0.39, 0.29) is 35.5 Å². The fourth-order valence-corrected chi connectivity index (χ4v) is 5.19. The Balaban J connectivity index is 1.05. The van der Waals surface area contributed by atoms with Crippen molar-refractivity contribution in [3.63, 3.8) is 0 Å². The smallest absolute Gasteiger partial charge is 0.258 e. The molecule has 2 amide bonds. The van der Waals surface area contributed by atoms with Gasteiger partial charge in [-0.2, -0.15) is 5.06 Å². The summed E-state index contributed by atoms with van der Waals surface area (Å²) in [4.78, 5) is 39.9. The second kappa shape index (κ2) is 7.29. The van der Waals surface area contributed by atoms with Crippen molar-refractivity contribution in [1.82, 2.24) is 14.9 Å². The van der Waals surface area contributed by atoms with Gasteiger partial charge in [0.25, 0.3) is 11.8 Å². The van der Waals surface area contributed by atoms with Gasteiger partial charge < -0.3 is 4.90 Å². The summed E-state index contributed by atoms with van der Waals surface area (Å²) < 4.78 is 0. The Morgan fingerprint density at radius 2 is 1.71 bits per heavy atom. The normalized spacial score (nSPS) is 31.9. The molecule has 2 saturated heterocycles.